The number of phenols is 2. The van der Waals surface area contributed by atoms with Crippen molar-refractivity contribution in [1.82, 2.24) is 56.0 Å². The summed E-state index contributed by atoms with van der Waals surface area (Å²) in [4.78, 5) is 240. The highest BCUT2D eigenvalue weighted by molar-refractivity contribution is 8.00. The fourth-order valence-electron chi connectivity index (χ4n) is 15.8. The molecule has 0 saturated carbocycles. The van der Waals surface area contributed by atoms with Crippen molar-refractivity contribution in [2.75, 3.05) is 86.7 Å². The minimum Gasteiger partial charge on any atom is -0.507 e. The second-order valence-corrected chi connectivity index (χ2v) is 36.0. The Labute approximate surface area is 794 Å². The van der Waals surface area contributed by atoms with Gasteiger partial charge in [-0.2, -0.15) is 23.5 Å². The summed E-state index contributed by atoms with van der Waals surface area (Å²) in [6.07, 6.45) is -2.23. The van der Waals surface area contributed by atoms with Crippen LogP contribution < -0.4 is 48.7 Å². The molecule has 0 bridgehead atoms. The number of rotatable bonds is 43. The molecule has 3 fully saturated rings. The van der Waals surface area contributed by atoms with Crippen molar-refractivity contribution >= 4 is 141 Å². The number of ether oxygens (including phenoxy) is 3. The second kappa shape index (κ2) is 50.9. The molecule has 0 spiro atoms. The highest BCUT2D eigenvalue weighted by Gasteiger charge is 2.50. The molecule has 9 rings (SSSR count). The Hall–Kier alpha value is -13.2. The number of aromatic hydroxyl groups is 2. The fraction of sp³-hybridized carbons (Fsp3) is 0.462. The van der Waals surface area contributed by atoms with Gasteiger partial charge in [0.1, 0.15) is 29.8 Å². The number of amides is 15. The van der Waals surface area contributed by atoms with Gasteiger partial charge in [0.25, 0.3) is 0 Å². The van der Waals surface area contributed by atoms with Crippen LogP contribution in [0.4, 0.5) is 25.8 Å². The number of nitrogens with one attached hydrogen (secondary N) is 7. The van der Waals surface area contributed by atoms with Crippen LogP contribution in [0, 0.1) is 23.7 Å². The monoisotopic (exact) mass is 1930 g/mol. The Morgan fingerprint density at radius 3 is 1.38 bits per heavy atom. The predicted octanol–water partition coefficient (Wildman–Crippen LogP) is 4.11. The quantitative estimate of drug-likeness (QED) is 0.0148. The number of nitrogens with two attached hydrogens (primary N) is 2. The number of carbonyl (C=O) groups excluding carboxylic acids is 18. The summed E-state index contributed by atoms with van der Waals surface area (Å²) >= 11 is 2.33. The molecule has 41 nitrogen and oxygen atoms in total. The maximum Gasteiger partial charge on any atom is 0.407 e. The number of thioether (sulfide) groups is 2. The van der Waals surface area contributed by atoms with E-state index in [1.54, 1.807) is 64.1 Å². The van der Waals surface area contributed by atoms with Crippen molar-refractivity contribution in [2.24, 2.45) is 35.1 Å². The van der Waals surface area contributed by atoms with Crippen molar-refractivity contribution in [1.29, 1.82) is 0 Å². The van der Waals surface area contributed by atoms with E-state index < -0.39 is 190 Å². The molecule has 0 radical (unpaired) electrons. The lowest BCUT2D eigenvalue weighted by Crippen LogP contribution is -2.59. The number of hydrogen-bond donors (Lipinski definition) is 14. The number of urea groups is 2. The van der Waals surface area contributed by atoms with E-state index in [4.69, 9.17) is 25.7 Å². The van der Waals surface area contributed by atoms with E-state index in [2.05, 4.69) is 63.5 Å². The van der Waals surface area contributed by atoms with Crippen molar-refractivity contribution in [3.63, 3.8) is 0 Å². The van der Waals surface area contributed by atoms with E-state index in [9.17, 15) is 112 Å². The number of phenolic OH excluding ortho intramolecular Hbond substituents is 2. The van der Waals surface area contributed by atoms with Gasteiger partial charge in [-0.25, -0.2) is 14.4 Å². The third-order valence-electron chi connectivity index (χ3n) is 23.2. The van der Waals surface area contributed by atoms with Crippen molar-refractivity contribution in [3.05, 3.63) is 168 Å². The second-order valence-electron chi connectivity index (χ2n) is 33.8. The predicted molar refractivity (Wildman–Crippen MR) is 497 cm³/mol. The largest absolute Gasteiger partial charge is 0.507 e. The van der Waals surface area contributed by atoms with Gasteiger partial charge in [0.15, 0.2) is 35.2 Å². The van der Waals surface area contributed by atoms with Gasteiger partial charge in [-0.05, 0) is 111 Å². The lowest BCUT2D eigenvalue weighted by atomic mass is 9.72. The van der Waals surface area contributed by atoms with Crippen LogP contribution in [0.3, 0.4) is 0 Å². The Morgan fingerprint density at radius 2 is 0.993 bits per heavy atom. The molecule has 16 N–H and O–H groups in total. The smallest absolute Gasteiger partial charge is 0.407 e. The maximum atomic E-state index is 13.9. The zero-order valence-electron chi connectivity index (χ0n) is 76.6. The Bertz CT molecular complexity index is 5120. The average molecular weight is 1930 g/mol. The lowest BCUT2D eigenvalue weighted by molar-refractivity contribution is -0.249. The number of hydrogen-bond acceptors (Lipinski definition) is 28. The summed E-state index contributed by atoms with van der Waals surface area (Å²) < 4.78 is 17.7. The molecule has 3 aliphatic heterocycles. The third kappa shape index (κ3) is 29.9. The van der Waals surface area contributed by atoms with E-state index in [0.29, 0.717) is 28.9 Å². The standard InChI is InChI=1S/C60H72N8O18S.C33H47N7O8S/c1-7-44(72)66-28-67(45(73)8-2)30-68(29-66)46(74)19-21-87-27-43(71)65-51(31(3)4)41(70)22-35(12-11-20-62-58(61)81)57(80)63-36-17-15-34(16-18-36)26-84-59(82)64-40-23-47(85-32(5)52(40)75)86-42-25-60(83,33(6)69)24-39-48(42)56(79)50-49(55(39)78)53(76)37-13-9-10-14-38(37)54(50)77;1-5-28(44)38-19-39(29(45)6-2)21-40(20-38)30(46)13-15-49-18-27(43)37-31(22(3)4)26(42)16-24(8-7-14-35-33(34)48)32(47)36-25-11-9-23(17-41)10-12-25/h7-10,13-18,31-32,35,40,42,47,51-52,75,78-79,83H,1-2,11-12,19-30H2,3-6H3,(H,63,80)(H,64,82)(H,65,71)(H3,61,62,81);5-6,9-12,22,24,31,41H,1-2,7-8,13-21H2,3-4H3,(H,36,47)(H,37,43)(H3,34,35,48)/t32-,35+,40-,42-,47-,51-,52+,60-;24-,31+/m01/s1. The fourth-order valence-corrected chi connectivity index (χ4v) is 17.2. The molecule has 15 amide bonds. The van der Waals surface area contributed by atoms with Crippen LogP contribution in [0.25, 0.3) is 0 Å². The van der Waals surface area contributed by atoms with Gasteiger partial charge in [0.05, 0.1) is 99.6 Å². The molecule has 3 heterocycles. The Kier molecular flexibility index (Phi) is 40.5. The van der Waals surface area contributed by atoms with Gasteiger partial charge in [0.2, 0.25) is 59.1 Å². The van der Waals surface area contributed by atoms with Gasteiger partial charge in [-0.1, -0.05) is 103 Å². The SMILES string of the molecule is C=CC(=O)N1CN(C(=O)C=C)CN(C(=O)CCSCC(=O)N[C@H](C(=O)C[C@@H](CCCNC(N)=O)C(=O)Nc2ccc(CO)cc2)C(C)C)C1.C=CC(=O)N1CN(C(=O)C=C)CN(C(=O)CCSCC(=O)N[C@H](C(=O)C[C@@H](CCCNC(N)=O)C(=O)Nc2ccc(COC(=O)N[C@H]3C[C@H](O[C@H]4C[C@](O)(C(C)=O)Cc5c(O)c6c(c(O)c54)C(=O)c4ccccc4C6=O)O[C@@H](C)[C@H]3O)cc2)C(C)C)C1. The first-order valence-corrected chi connectivity index (χ1v) is 46.3. The number of carbonyl (C=O) groups is 18. The van der Waals surface area contributed by atoms with Gasteiger partial charge < -0.3 is 118 Å². The highest BCUT2D eigenvalue weighted by Crippen LogP contribution is 2.52. The summed E-state index contributed by atoms with van der Waals surface area (Å²) in [5.41, 5.74) is 8.85. The van der Waals surface area contributed by atoms with Gasteiger partial charge in [-0.15, -0.1) is 0 Å². The van der Waals surface area contributed by atoms with Crippen LogP contribution in [-0.2, 0) is 96.2 Å². The van der Waals surface area contributed by atoms with Crippen molar-refractivity contribution in [3.8, 4) is 11.5 Å². The molecule has 136 heavy (non-hydrogen) atoms. The number of Topliss-reactive ketones (excluding diaryl/α,β-unsaturated/α-hetero) is 3. The zero-order chi connectivity index (χ0) is 100. The first-order chi connectivity index (χ1) is 64.5. The number of alkyl carbamates (subject to hydrolysis) is 1. The number of primary amides is 2. The average Bonchev–Trinajstić information content (AvgIpc) is 0.711. The van der Waals surface area contributed by atoms with E-state index in [0.717, 1.165) is 43.0 Å². The topological polar surface area (TPSA) is 592 Å². The summed E-state index contributed by atoms with van der Waals surface area (Å²) in [6.45, 7) is 23.2. The molecule has 4 aromatic carbocycles. The molecule has 2 aliphatic carbocycles. The molecule has 4 aromatic rings. The van der Waals surface area contributed by atoms with Gasteiger partial charge in [0, 0.05) is 115 Å². The number of fused-ring (bicyclic) bond motifs is 3. The summed E-state index contributed by atoms with van der Waals surface area (Å²) in [6, 6.07) is 14.3. The summed E-state index contributed by atoms with van der Waals surface area (Å²) in [7, 11) is 0. The first-order valence-electron chi connectivity index (χ1n) is 44.0. The van der Waals surface area contributed by atoms with Crippen LogP contribution in [0.1, 0.15) is 166 Å². The van der Waals surface area contributed by atoms with E-state index in [-0.39, 0.29) is 186 Å². The Balaban J connectivity index is 0.000000393. The van der Waals surface area contributed by atoms with E-state index in [1.165, 1.54) is 84.5 Å². The molecular weight excluding hydrogens is 1810 g/mol. The summed E-state index contributed by atoms with van der Waals surface area (Å²) in [5.74, 6) is -10.7. The van der Waals surface area contributed by atoms with E-state index >= 15 is 0 Å². The van der Waals surface area contributed by atoms with Crippen LogP contribution in [-0.4, -0.2) is 279 Å². The normalized spacial score (nSPS) is 18.6. The number of nitrogens with zero attached hydrogens (tertiary/aromatic N) is 6. The number of ketones is 5. The van der Waals surface area contributed by atoms with Crippen molar-refractivity contribution < 1.29 is 126 Å². The Morgan fingerprint density at radius 1 is 0.588 bits per heavy atom. The molecule has 10 atom stereocenters. The number of anilines is 2. The minimum atomic E-state index is -2.16. The summed E-state index contributed by atoms with van der Waals surface area (Å²) in [5, 5.41) is 74.1. The zero-order valence-corrected chi connectivity index (χ0v) is 78.2. The van der Waals surface area contributed by atoms with Gasteiger partial charge in [-0.3, -0.25) is 71.9 Å². The van der Waals surface area contributed by atoms with Crippen LogP contribution in [0.15, 0.2) is 123 Å². The minimum absolute atomic E-state index is 0.00127. The van der Waals surface area contributed by atoms with Crippen LogP contribution in [0.5, 0.6) is 11.5 Å². The van der Waals surface area contributed by atoms with Gasteiger partial charge >= 0.3 is 18.2 Å². The van der Waals surface area contributed by atoms with Crippen molar-refractivity contribution in [2.45, 2.75) is 174 Å². The first kappa shape index (κ1) is 108. The highest BCUT2D eigenvalue weighted by atomic mass is 32.2. The number of aliphatic hydroxyl groups is 3. The lowest BCUT2D eigenvalue weighted by Gasteiger charge is -2.42. The molecule has 5 aliphatic rings. The van der Waals surface area contributed by atoms with Crippen LogP contribution in [0.2, 0.25) is 0 Å². The molecule has 0 unspecified atom stereocenters. The molecule has 734 valence electrons. The molecule has 0 aromatic heterocycles. The number of aliphatic hydroxyl groups excluding tert-OH is 2. The van der Waals surface area contributed by atoms with Crippen LogP contribution >= 0.6 is 23.5 Å². The molecule has 43 heteroatoms. The molecular formula is C93H119N15O26S2. The number of benzene rings is 4. The maximum absolute atomic E-state index is 13.9. The third-order valence-corrected chi connectivity index (χ3v) is 25.1. The molecule has 3 saturated heterocycles. The van der Waals surface area contributed by atoms with E-state index in [1.807, 2.05) is 0 Å².